The number of rotatable bonds is 3. The molecule has 1 aromatic carbocycles. The second-order valence-electron chi connectivity index (χ2n) is 6.02. The average molecular weight is 260 g/mol. The van der Waals surface area contributed by atoms with Crippen LogP contribution in [0.25, 0.3) is 0 Å². The summed E-state index contributed by atoms with van der Waals surface area (Å²) < 4.78 is 6.28. The minimum atomic E-state index is -0.0289. The lowest BCUT2D eigenvalue weighted by atomic mass is 10.0. The highest BCUT2D eigenvalue weighted by Crippen LogP contribution is 2.31. The molecular weight excluding hydrogens is 236 g/mol. The van der Waals surface area contributed by atoms with Crippen molar-refractivity contribution in [3.63, 3.8) is 0 Å². The zero-order chi connectivity index (χ0) is 13.3. The molecular formula is C16H24N2O. The lowest BCUT2D eigenvalue weighted by Crippen LogP contribution is -2.36. The Bertz CT molecular complexity index is 460. The van der Waals surface area contributed by atoms with Gasteiger partial charge in [-0.2, -0.15) is 0 Å². The summed E-state index contributed by atoms with van der Waals surface area (Å²) in [7, 11) is 0. The van der Waals surface area contributed by atoms with Crippen LogP contribution < -0.4 is 10.1 Å². The number of likely N-dealkylation sites (N-methyl/N-ethyl adjacent to an activating group) is 1. The number of anilines is 1. The first-order chi connectivity index (χ1) is 9.18. The predicted molar refractivity (Wildman–Crippen MR) is 79.0 cm³/mol. The molecule has 3 nitrogen and oxygen atoms in total. The summed E-state index contributed by atoms with van der Waals surface area (Å²) >= 11 is 0. The minimum absolute atomic E-state index is 0.0289. The van der Waals surface area contributed by atoms with Crippen molar-refractivity contribution in [1.82, 2.24) is 4.90 Å². The van der Waals surface area contributed by atoms with Crippen molar-refractivity contribution in [2.45, 2.75) is 38.7 Å². The molecule has 1 atom stereocenters. The maximum atomic E-state index is 6.28. The topological polar surface area (TPSA) is 24.5 Å². The lowest BCUT2D eigenvalue weighted by Gasteiger charge is -2.27. The molecule has 1 fully saturated rings. The molecule has 0 saturated carbocycles. The Hall–Kier alpha value is -1.22. The van der Waals surface area contributed by atoms with E-state index in [9.17, 15) is 0 Å². The highest BCUT2D eigenvalue weighted by atomic mass is 16.5. The van der Waals surface area contributed by atoms with Gasteiger partial charge in [-0.25, -0.2) is 0 Å². The number of likely N-dealkylation sites (tertiary alicyclic amines) is 1. The van der Waals surface area contributed by atoms with E-state index in [1.54, 1.807) is 0 Å². The molecule has 1 saturated heterocycles. The lowest BCUT2D eigenvalue weighted by molar-refractivity contribution is 0.0970. The molecule has 2 aliphatic heterocycles. The second-order valence-corrected chi connectivity index (χ2v) is 6.02. The van der Waals surface area contributed by atoms with Gasteiger partial charge in [0.2, 0.25) is 0 Å². The van der Waals surface area contributed by atoms with E-state index >= 15 is 0 Å². The van der Waals surface area contributed by atoms with Gasteiger partial charge in [0.25, 0.3) is 0 Å². The van der Waals surface area contributed by atoms with Gasteiger partial charge in [0.05, 0.1) is 0 Å². The van der Waals surface area contributed by atoms with Crippen LogP contribution in [0.2, 0.25) is 0 Å². The Morgan fingerprint density at radius 3 is 3.11 bits per heavy atom. The normalized spacial score (nSPS) is 26.8. The molecule has 3 rings (SSSR count). The van der Waals surface area contributed by atoms with Gasteiger partial charge in [-0.3, -0.25) is 4.90 Å². The van der Waals surface area contributed by atoms with Crippen LogP contribution in [0.1, 0.15) is 32.3 Å². The molecule has 1 unspecified atom stereocenters. The molecule has 0 spiro atoms. The summed E-state index contributed by atoms with van der Waals surface area (Å²) in [5.74, 6) is 1.01. The third-order valence-corrected chi connectivity index (χ3v) is 4.35. The van der Waals surface area contributed by atoms with E-state index < -0.39 is 0 Å². The molecule has 0 amide bonds. The molecule has 0 aliphatic carbocycles. The number of fused-ring (bicyclic) bond motifs is 1. The molecule has 2 aliphatic rings. The molecule has 104 valence electrons. The number of ether oxygens (including phenoxy) is 1. The van der Waals surface area contributed by atoms with E-state index in [1.165, 1.54) is 24.1 Å². The van der Waals surface area contributed by atoms with Gasteiger partial charge in [-0.15, -0.1) is 0 Å². The number of hydrogen-bond acceptors (Lipinski definition) is 3. The molecule has 0 aromatic heterocycles. The summed E-state index contributed by atoms with van der Waals surface area (Å²) in [5.41, 5.74) is 2.65. The van der Waals surface area contributed by atoms with Crippen molar-refractivity contribution >= 4 is 5.69 Å². The first-order valence-electron chi connectivity index (χ1n) is 7.47. The van der Waals surface area contributed by atoms with Crippen LogP contribution in [0.15, 0.2) is 18.2 Å². The Kier molecular flexibility index (Phi) is 3.40. The van der Waals surface area contributed by atoms with Crippen molar-refractivity contribution < 1.29 is 4.74 Å². The SMILES string of the molecule is CCN1CCC(C)(Oc2ccc3c(c2)NCCC3)C1. The molecule has 3 heteroatoms. The van der Waals surface area contributed by atoms with E-state index in [-0.39, 0.29) is 5.60 Å². The van der Waals surface area contributed by atoms with Crippen LogP contribution in [0, 0.1) is 0 Å². The van der Waals surface area contributed by atoms with E-state index in [4.69, 9.17) is 4.74 Å². The zero-order valence-corrected chi connectivity index (χ0v) is 12.0. The van der Waals surface area contributed by atoms with Crippen LogP contribution in [0.3, 0.4) is 0 Å². The van der Waals surface area contributed by atoms with Crippen LogP contribution in [-0.4, -0.2) is 36.7 Å². The quantitative estimate of drug-likeness (QED) is 0.904. The fourth-order valence-electron chi connectivity index (χ4n) is 3.17. The minimum Gasteiger partial charge on any atom is -0.486 e. The average Bonchev–Trinajstić information content (AvgIpc) is 2.80. The number of aryl methyl sites for hydroxylation is 1. The number of benzene rings is 1. The van der Waals surface area contributed by atoms with Crippen LogP contribution in [-0.2, 0) is 6.42 Å². The van der Waals surface area contributed by atoms with Crippen molar-refractivity contribution in [3.8, 4) is 5.75 Å². The number of hydrogen-bond donors (Lipinski definition) is 1. The van der Waals surface area contributed by atoms with Gasteiger partial charge in [0.15, 0.2) is 0 Å². The van der Waals surface area contributed by atoms with Gasteiger partial charge in [-0.05, 0) is 37.9 Å². The summed E-state index contributed by atoms with van der Waals surface area (Å²) in [6.07, 6.45) is 3.53. The van der Waals surface area contributed by atoms with Gasteiger partial charge >= 0.3 is 0 Å². The maximum absolute atomic E-state index is 6.28. The number of nitrogens with zero attached hydrogens (tertiary/aromatic N) is 1. The Balaban J connectivity index is 1.73. The standard InChI is InChI=1S/C16H24N2O/c1-3-18-10-8-16(2,12-18)19-14-7-6-13-5-4-9-17-15(13)11-14/h6-7,11,17H,3-5,8-10,12H2,1-2H3. The van der Waals surface area contributed by atoms with Crippen LogP contribution in [0.5, 0.6) is 5.75 Å². The summed E-state index contributed by atoms with van der Waals surface area (Å²) in [4.78, 5) is 2.46. The molecule has 0 radical (unpaired) electrons. The Morgan fingerprint density at radius 1 is 1.42 bits per heavy atom. The van der Waals surface area contributed by atoms with Gasteiger partial charge < -0.3 is 10.1 Å². The number of nitrogens with one attached hydrogen (secondary N) is 1. The Labute approximate surface area is 115 Å². The Morgan fingerprint density at radius 2 is 2.32 bits per heavy atom. The van der Waals surface area contributed by atoms with Gasteiger partial charge in [-0.1, -0.05) is 13.0 Å². The summed E-state index contributed by atoms with van der Waals surface area (Å²) in [6.45, 7) is 8.83. The van der Waals surface area contributed by atoms with E-state index in [1.807, 2.05) is 0 Å². The van der Waals surface area contributed by atoms with Crippen molar-refractivity contribution in [2.24, 2.45) is 0 Å². The van der Waals surface area contributed by atoms with Gasteiger partial charge in [0.1, 0.15) is 11.4 Å². The largest absolute Gasteiger partial charge is 0.486 e. The first kappa shape index (κ1) is 12.8. The maximum Gasteiger partial charge on any atom is 0.122 e. The summed E-state index contributed by atoms with van der Waals surface area (Å²) in [5, 5.41) is 3.47. The molecule has 0 bridgehead atoms. The van der Waals surface area contributed by atoms with E-state index in [0.717, 1.165) is 38.3 Å². The summed E-state index contributed by atoms with van der Waals surface area (Å²) in [6, 6.07) is 6.52. The smallest absolute Gasteiger partial charge is 0.122 e. The monoisotopic (exact) mass is 260 g/mol. The van der Waals surface area contributed by atoms with Crippen molar-refractivity contribution in [2.75, 3.05) is 31.5 Å². The first-order valence-corrected chi connectivity index (χ1v) is 7.47. The van der Waals surface area contributed by atoms with Crippen molar-refractivity contribution in [1.29, 1.82) is 0 Å². The zero-order valence-electron chi connectivity index (χ0n) is 12.0. The van der Waals surface area contributed by atoms with E-state index in [2.05, 4.69) is 42.3 Å². The third-order valence-electron chi connectivity index (χ3n) is 4.35. The fourth-order valence-corrected chi connectivity index (χ4v) is 3.17. The molecule has 1 N–H and O–H groups in total. The van der Waals surface area contributed by atoms with Crippen LogP contribution >= 0.6 is 0 Å². The van der Waals surface area contributed by atoms with Crippen molar-refractivity contribution in [3.05, 3.63) is 23.8 Å². The third kappa shape index (κ3) is 2.71. The molecule has 1 aromatic rings. The van der Waals surface area contributed by atoms with Crippen LogP contribution in [0.4, 0.5) is 5.69 Å². The highest BCUT2D eigenvalue weighted by Gasteiger charge is 2.35. The fraction of sp³-hybridized carbons (Fsp3) is 0.625. The molecule has 2 heterocycles. The highest BCUT2D eigenvalue weighted by molar-refractivity contribution is 5.56. The van der Waals surface area contributed by atoms with Gasteiger partial charge in [0, 0.05) is 37.8 Å². The van der Waals surface area contributed by atoms with E-state index in [0.29, 0.717) is 0 Å². The molecule has 19 heavy (non-hydrogen) atoms. The second kappa shape index (κ2) is 5.04. The predicted octanol–water partition coefficient (Wildman–Crippen LogP) is 2.91.